The Morgan fingerprint density at radius 3 is 3.21 bits per heavy atom. The molecule has 0 aliphatic heterocycles. The lowest BCUT2D eigenvalue weighted by atomic mass is 10.3. The van der Waals surface area contributed by atoms with Gasteiger partial charge in [0.2, 0.25) is 5.90 Å². The molecule has 0 radical (unpaired) electrons. The summed E-state index contributed by atoms with van der Waals surface area (Å²) in [6, 6.07) is 6.08. The van der Waals surface area contributed by atoms with E-state index in [9.17, 15) is 0 Å². The van der Waals surface area contributed by atoms with Gasteiger partial charge in [-0.15, -0.1) is 11.3 Å². The topological polar surface area (TPSA) is 50.9 Å². The molecule has 0 saturated carbocycles. The van der Waals surface area contributed by atoms with Gasteiger partial charge in [-0.05, 0) is 18.2 Å². The summed E-state index contributed by atoms with van der Waals surface area (Å²) in [4.78, 5) is 5.32. The second-order valence-electron chi connectivity index (χ2n) is 4.21. The van der Waals surface area contributed by atoms with Crippen LogP contribution in [0.5, 0.6) is 0 Å². The van der Waals surface area contributed by atoms with E-state index in [1.807, 2.05) is 23.7 Å². The van der Waals surface area contributed by atoms with Crippen LogP contribution in [-0.2, 0) is 11.3 Å². The van der Waals surface area contributed by atoms with Gasteiger partial charge in [-0.1, -0.05) is 0 Å². The first kappa shape index (κ1) is 11.9. The third-order valence-electron chi connectivity index (χ3n) is 3.02. The molecule has 96 valence electrons. The minimum Gasteiger partial charge on any atom is -0.481 e. The number of hydrogen-bond acceptors (Lipinski definition) is 4. The first-order valence-electron chi connectivity index (χ1n) is 5.87. The molecular weight excluding hydrogens is 258 g/mol. The number of nitrogens with one attached hydrogen (secondary N) is 1. The summed E-state index contributed by atoms with van der Waals surface area (Å²) in [6.45, 7) is 0.801. The van der Waals surface area contributed by atoms with E-state index >= 15 is 0 Å². The smallest absolute Gasteiger partial charge is 0.213 e. The van der Waals surface area contributed by atoms with E-state index in [4.69, 9.17) is 10.1 Å². The molecule has 0 aliphatic rings. The van der Waals surface area contributed by atoms with Crippen molar-refractivity contribution in [3.63, 3.8) is 0 Å². The maximum atomic E-state index is 7.64. The quantitative estimate of drug-likeness (QED) is 0.588. The third kappa shape index (κ3) is 2.24. The molecule has 3 aromatic rings. The van der Waals surface area contributed by atoms with Crippen LogP contribution < -0.4 is 0 Å². The number of ether oxygens (including phenoxy) is 1. The summed E-state index contributed by atoms with van der Waals surface area (Å²) >= 11 is 1.64. The zero-order chi connectivity index (χ0) is 13.2. The Bertz CT molecular complexity index is 729. The molecule has 4 nitrogen and oxygen atoms in total. The maximum Gasteiger partial charge on any atom is 0.213 e. The van der Waals surface area contributed by atoms with E-state index < -0.39 is 0 Å². The van der Waals surface area contributed by atoms with Crippen molar-refractivity contribution in [2.24, 2.45) is 0 Å². The van der Waals surface area contributed by atoms with Gasteiger partial charge in [0.15, 0.2) is 0 Å². The molecule has 3 heterocycles. The monoisotopic (exact) mass is 271 g/mol. The third-order valence-corrected chi connectivity index (χ3v) is 3.94. The molecule has 0 aliphatic carbocycles. The van der Waals surface area contributed by atoms with E-state index in [0.717, 1.165) is 17.5 Å². The van der Waals surface area contributed by atoms with Crippen molar-refractivity contribution in [1.82, 2.24) is 9.55 Å². The first-order chi connectivity index (χ1) is 9.28. The summed E-state index contributed by atoms with van der Waals surface area (Å²) in [6.07, 6.45) is 5.74. The molecule has 0 aromatic carbocycles. The molecule has 0 amide bonds. The largest absolute Gasteiger partial charge is 0.481 e. The lowest BCUT2D eigenvalue weighted by Gasteiger charge is -2.02. The van der Waals surface area contributed by atoms with E-state index in [2.05, 4.69) is 21.8 Å². The Hall–Kier alpha value is -2.14. The molecule has 3 aromatic heterocycles. The number of pyridine rings is 1. The second kappa shape index (κ2) is 4.85. The molecule has 3 rings (SSSR count). The average molecular weight is 271 g/mol. The predicted octanol–water partition coefficient (Wildman–Crippen LogP) is 3.12. The normalized spacial score (nSPS) is 10.8. The minimum atomic E-state index is 0.212. The number of thiophene rings is 1. The highest BCUT2D eigenvalue weighted by atomic mass is 32.1. The van der Waals surface area contributed by atoms with Crippen molar-refractivity contribution in [3.05, 3.63) is 52.6 Å². The molecule has 19 heavy (non-hydrogen) atoms. The van der Waals surface area contributed by atoms with Crippen molar-refractivity contribution in [2.75, 3.05) is 7.11 Å². The SMILES string of the molecule is COC(=N)c1csc(Cn2ccc3cnccc32)c1. The summed E-state index contributed by atoms with van der Waals surface area (Å²) < 4.78 is 7.11. The molecule has 0 saturated heterocycles. The minimum absolute atomic E-state index is 0.212. The Kier molecular flexibility index (Phi) is 3.05. The first-order valence-corrected chi connectivity index (χ1v) is 6.75. The molecule has 0 fully saturated rings. The Labute approximate surface area is 114 Å². The Morgan fingerprint density at radius 2 is 2.37 bits per heavy atom. The van der Waals surface area contributed by atoms with Gasteiger partial charge in [0, 0.05) is 39.8 Å². The zero-order valence-corrected chi connectivity index (χ0v) is 11.3. The van der Waals surface area contributed by atoms with E-state index in [1.54, 1.807) is 17.5 Å². The van der Waals surface area contributed by atoms with E-state index in [0.29, 0.717) is 0 Å². The lowest BCUT2D eigenvalue weighted by Crippen LogP contribution is -1.99. The zero-order valence-electron chi connectivity index (χ0n) is 10.5. The van der Waals surface area contributed by atoms with Gasteiger partial charge in [0.25, 0.3) is 0 Å². The lowest BCUT2D eigenvalue weighted by molar-refractivity contribution is 0.401. The Morgan fingerprint density at radius 1 is 1.47 bits per heavy atom. The van der Waals surface area contributed by atoms with Crippen molar-refractivity contribution in [1.29, 1.82) is 5.41 Å². The van der Waals surface area contributed by atoms with Crippen LogP contribution in [-0.4, -0.2) is 22.6 Å². The number of aromatic nitrogens is 2. The number of fused-ring (bicyclic) bond motifs is 1. The van der Waals surface area contributed by atoms with E-state index in [-0.39, 0.29) is 5.90 Å². The van der Waals surface area contributed by atoms with Crippen LogP contribution in [0, 0.1) is 5.41 Å². The highest BCUT2D eigenvalue weighted by molar-refractivity contribution is 7.10. The van der Waals surface area contributed by atoms with Gasteiger partial charge in [-0.25, -0.2) is 0 Å². The van der Waals surface area contributed by atoms with Crippen molar-refractivity contribution in [3.8, 4) is 0 Å². The highest BCUT2D eigenvalue weighted by Crippen LogP contribution is 2.20. The molecular formula is C14H13N3OS. The summed E-state index contributed by atoms with van der Waals surface area (Å²) in [7, 11) is 1.52. The molecule has 0 atom stereocenters. The fourth-order valence-electron chi connectivity index (χ4n) is 2.05. The van der Waals surface area contributed by atoms with Gasteiger partial charge in [0.1, 0.15) is 0 Å². The van der Waals surface area contributed by atoms with Gasteiger partial charge >= 0.3 is 0 Å². The van der Waals surface area contributed by atoms with Crippen LogP contribution in [0.25, 0.3) is 10.9 Å². The van der Waals surface area contributed by atoms with Gasteiger partial charge in [-0.2, -0.15) is 0 Å². The maximum absolute atomic E-state index is 7.64. The standard InChI is InChI=1S/C14H13N3OS/c1-18-14(15)11-6-12(19-9-11)8-17-5-3-10-7-16-4-2-13(10)17/h2-7,9,15H,8H2,1H3. The fourth-order valence-corrected chi connectivity index (χ4v) is 2.91. The van der Waals surface area contributed by atoms with Crippen LogP contribution in [0.4, 0.5) is 0 Å². The van der Waals surface area contributed by atoms with Crippen molar-refractivity contribution in [2.45, 2.75) is 6.54 Å². The number of nitrogens with zero attached hydrogens (tertiary/aromatic N) is 2. The van der Waals surface area contributed by atoms with Gasteiger partial charge in [-0.3, -0.25) is 10.4 Å². The highest BCUT2D eigenvalue weighted by Gasteiger charge is 2.07. The summed E-state index contributed by atoms with van der Waals surface area (Å²) in [5, 5.41) is 10.7. The predicted molar refractivity (Wildman–Crippen MR) is 77.0 cm³/mol. The average Bonchev–Trinajstić information content (AvgIpc) is 3.06. The van der Waals surface area contributed by atoms with Crippen molar-refractivity contribution < 1.29 is 4.74 Å². The van der Waals surface area contributed by atoms with Crippen LogP contribution in [0.3, 0.4) is 0 Å². The van der Waals surface area contributed by atoms with E-state index in [1.165, 1.54) is 17.5 Å². The van der Waals surface area contributed by atoms with Crippen molar-refractivity contribution >= 4 is 28.1 Å². The number of rotatable bonds is 3. The second-order valence-corrected chi connectivity index (χ2v) is 5.21. The summed E-state index contributed by atoms with van der Waals surface area (Å²) in [5.41, 5.74) is 2.01. The van der Waals surface area contributed by atoms with Crippen LogP contribution in [0.1, 0.15) is 10.4 Å². The van der Waals surface area contributed by atoms with Gasteiger partial charge in [0.05, 0.1) is 19.2 Å². The van der Waals surface area contributed by atoms with Gasteiger partial charge < -0.3 is 9.30 Å². The molecule has 0 bridgehead atoms. The van der Waals surface area contributed by atoms with Crippen LogP contribution in [0.15, 0.2) is 42.2 Å². The molecule has 0 unspecified atom stereocenters. The molecule has 0 spiro atoms. The summed E-state index contributed by atoms with van der Waals surface area (Å²) in [5.74, 6) is 0.212. The number of methoxy groups -OCH3 is 1. The van der Waals surface area contributed by atoms with Crippen LogP contribution >= 0.6 is 11.3 Å². The van der Waals surface area contributed by atoms with Crippen LogP contribution in [0.2, 0.25) is 0 Å². The Balaban J connectivity index is 1.89. The molecule has 5 heteroatoms. The molecule has 1 N–H and O–H groups in total. The number of hydrogen-bond donors (Lipinski definition) is 1. The fraction of sp³-hybridized carbons (Fsp3) is 0.143.